The number of hydrogen-bond donors (Lipinski definition) is 0. The van der Waals surface area contributed by atoms with Crippen LogP contribution in [0.1, 0.15) is 5.56 Å². The zero-order chi connectivity index (χ0) is 8.97. The van der Waals surface area contributed by atoms with Gasteiger partial charge in [-0.15, -0.1) is 0 Å². The van der Waals surface area contributed by atoms with E-state index in [2.05, 4.69) is 16.6 Å². The third-order valence-electron chi connectivity index (χ3n) is 1.32. The Morgan fingerprint density at radius 2 is 2.33 bits per heavy atom. The van der Waals surface area contributed by atoms with E-state index in [1.807, 2.05) is 0 Å². The Hall–Kier alpha value is -1.19. The molecule has 2 nitrogen and oxygen atoms in total. The van der Waals surface area contributed by atoms with Crippen LogP contribution in [-0.2, 0) is 6.42 Å². The second kappa shape index (κ2) is 3.99. The van der Waals surface area contributed by atoms with Gasteiger partial charge in [0.15, 0.2) is 0 Å². The molecular weight excluding hydrogens is 164 g/mol. The maximum absolute atomic E-state index is 11.8. The van der Waals surface area contributed by atoms with Crippen LogP contribution in [0.25, 0.3) is 0 Å². The van der Waals surface area contributed by atoms with Gasteiger partial charge in [-0.25, -0.2) is 4.98 Å². The van der Waals surface area contributed by atoms with Crippen LogP contribution < -0.4 is 4.74 Å². The molecule has 0 unspecified atom stereocenters. The normalized spacial score (nSPS) is 10.3. The van der Waals surface area contributed by atoms with Gasteiger partial charge in [-0.3, -0.25) is 0 Å². The summed E-state index contributed by atoms with van der Waals surface area (Å²) in [6.07, 6.45) is 1.78. The Bertz CT molecular complexity index is 253. The lowest BCUT2D eigenvalue weighted by Crippen LogP contribution is -2.05. The van der Waals surface area contributed by atoms with E-state index in [1.165, 1.54) is 6.20 Å². The van der Waals surface area contributed by atoms with Crippen molar-refractivity contribution in [2.24, 2.45) is 0 Å². The summed E-state index contributed by atoms with van der Waals surface area (Å²) in [5.74, 6) is -0.0394. The van der Waals surface area contributed by atoms with E-state index in [1.54, 1.807) is 12.1 Å². The number of aromatic nitrogens is 1. The molecule has 0 N–H and O–H groups in total. The van der Waals surface area contributed by atoms with E-state index in [9.17, 15) is 8.78 Å². The predicted octanol–water partition coefficient (Wildman–Crippen LogP) is 2.06. The minimum Gasteiger partial charge on any atom is -0.417 e. The van der Waals surface area contributed by atoms with E-state index >= 15 is 0 Å². The van der Waals surface area contributed by atoms with Crippen LogP contribution in [0, 0.1) is 6.92 Å². The van der Waals surface area contributed by atoms with Gasteiger partial charge in [0.25, 0.3) is 0 Å². The van der Waals surface area contributed by atoms with E-state index < -0.39 is 6.61 Å². The molecule has 0 atom stereocenters. The van der Waals surface area contributed by atoms with Crippen molar-refractivity contribution >= 4 is 0 Å². The minimum absolute atomic E-state index is 0.0394. The number of alkyl halides is 2. The van der Waals surface area contributed by atoms with Crippen LogP contribution in [0.5, 0.6) is 5.88 Å². The Balaban J connectivity index is 2.82. The summed E-state index contributed by atoms with van der Waals surface area (Å²) in [4.78, 5) is 3.65. The number of ether oxygens (including phenoxy) is 1. The lowest BCUT2D eigenvalue weighted by Gasteiger charge is -2.06. The van der Waals surface area contributed by atoms with Crippen molar-refractivity contribution in [2.75, 3.05) is 0 Å². The van der Waals surface area contributed by atoms with Crippen LogP contribution in [0.4, 0.5) is 8.78 Å². The third-order valence-corrected chi connectivity index (χ3v) is 1.32. The molecule has 1 radical (unpaired) electrons. The molecule has 0 fully saturated rings. The number of pyridine rings is 1. The Morgan fingerprint density at radius 3 is 2.92 bits per heavy atom. The van der Waals surface area contributed by atoms with E-state index in [0.717, 1.165) is 0 Å². The molecule has 0 saturated carbocycles. The van der Waals surface area contributed by atoms with Crippen LogP contribution in [0.3, 0.4) is 0 Å². The molecule has 4 heteroatoms. The van der Waals surface area contributed by atoms with E-state index in [0.29, 0.717) is 12.0 Å². The van der Waals surface area contributed by atoms with Crippen molar-refractivity contribution in [2.45, 2.75) is 13.0 Å². The summed E-state index contributed by atoms with van der Waals surface area (Å²) < 4.78 is 27.7. The maximum atomic E-state index is 11.8. The molecule has 0 spiro atoms. The van der Waals surface area contributed by atoms with Crippen LogP contribution in [0.2, 0.25) is 0 Å². The van der Waals surface area contributed by atoms with Gasteiger partial charge in [0.2, 0.25) is 5.88 Å². The molecule has 1 aromatic heterocycles. The highest BCUT2D eigenvalue weighted by molar-refractivity contribution is 5.25. The fraction of sp³-hybridized carbons (Fsp3) is 0.250. The average molecular weight is 172 g/mol. The summed E-state index contributed by atoms with van der Waals surface area (Å²) in [7, 11) is 0. The molecule has 12 heavy (non-hydrogen) atoms. The van der Waals surface area contributed by atoms with Crippen molar-refractivity contribution < 1.29 is 13.5 Å². The van der Waals surface area contributed by atoms with Crippen molar-refractivity contribution in [3.63, 3.8) is 0 Å². The molecule has 0 amide bonds. The topological polar surface area (TPSA) is 22.1 Å². The summed E-state index contributed by atoms with van der Waals surface area (Å²) >= 11 is 0. The molecule has 1 heterocycles. The van der Waals surface area contributed by atoms with Crippen molar-refractivity contribution in [3.05, 3.63) is 30.8 Å². The SMILES string of the molecule is [CH2]Cc1cccnc1OC(F)F. The largest absolute Gasteiger partial charge is 0.417 e. The molecule has 0 bridgehead atoms. The van der Waals surface area contributed by atoms with Gasteiger partial charge in [0, 0.05) is 11.8 Å². The lowest BCUT2D eigenvalue weighted by atomic mass is 10.2. The first-order valence-electron chi connectivity index (χ1n) is 3.42. The highest BCUT2D eigenvalue weighted by atomic mass is 19.3. The summed E-state index contributed by atoms with van der Waals surface area (Å²) in [5, 5.41) is 0. The number of nitrogens with zero attached hydrogens (tertiary/aromatic N) is 1. The van der Waals surface area contributed by atoms with Gasteiger partial charge >= 0.3 is 6.61 Å². The molecule has 0 aliphatic carbocycles. The zero-order valence-corrected chi connectivity index (χ0v) is 6.34. The second-order valence-electron chi connectivity index (χ2n) is 2.10. The molecule has 0 aliphatic rings. The van der Waals surface area contributed by atoms with Crippen molar-refractivity contribution in [1.82, 2.24) is 4.98 Å². The van der Waals surface area contributed by atoms with Gasteiger partial charge in [-0.05, 0) is 19.4 Å². The monoisotopic (exact) mass is 172 g/mol. The van der Waals surface area contributed by atoms with Gasteiger partial charge in [-0.2, -0.15) is 8.78 Å². The molecule has 1 rings (SSSR count). The third kappa shape index (κ3) is 2.15. The predicted molar refractivity (Wildman–Crippen MR) is 39.9 cm³/mol. The van der Waals surface area contributed by atoms with Gasteiger partial charge < -0.3 is 4.74 Å². The van der Waals surface area contributed by atoms with E-state index in [4.69, 9.17) is 0 Å². The Kier molecular flexibility index (Phi) is 2.96. The van der Waals surface area contributed by atoms with Gasteiger partial charge in [-0.1, -0.05) is 6.07 Å². The van der Waals surface area contributed by atoms with Crippen molar-refractivity contribution in [3.8, 4) is 5.88 Å². The zero-order valence-electron chi connectivity index (χ0n) is 6.34. The average Bonchev–Trinajstić information content (AvgIpc) is 2.04. The van der Waals surface area contributed by atoms with Crippen LogP contribution >= 0.6 is 0 Å². The maximum Gasteiger partial charge on any atom is 0.388 e. The first kappa shape index (κ1) is 8.90. The highest BCUT2D eigenvalue weighted by Crippen LogP contribution is 2.16. The van der Waals surface area contributed by atoms with Gasteiger partial charge in [0.05, 0.1) is 0 Å². The summed E-state index contributed by atoms with van der Waals surface area (Å²) in [6.45, 7) is 0.730. The molecule has 1 aromatic rings. The smallest absolute Gasteiger partial charge is 0.388 e. The van der Waals surface area contributed by atoms with Crippen LogP contribution in [-0.4, -0.2) is 11.6 Å². The first-order valence-corrected chi connectivity index (χ1v) is 3.42. The molecule has 0 aromatic carbocycles. The number of halogens is 2. The molecular formula is C8H8F2NO. The summed E-state index contributed by atoms with van der Waals surface area (Å²) in [6, 6.07) is 3.30. The Morgan fingerprint density at radius 1 is 1.58 bits per heavy atom. The van der Waals surface area contributed by atoms with Crippen molar-refractivity contribution in [1.29, 1.82) is 0 Å². The molecule has 65 valence electrons. The van der Waals surface area contributed by atoms with E-state index in [-0.39, 0.29) is 5.88 Å². The highest BCUT2D eigenvalue weighted by Gasteiger charge is 2.08. The summed E-state index contributed by atoms with van der Waals surface area (Å²) in [5.41, 5.74) is 0.581. The number of hydrogen-bond acceptors (Lipinski definition) is 2. The molecule has 0 saturated heterocycles. The second-order valence-corrected chi connectivity index (χ2v) is 2.10. The standard InChI is InChI=1S/C8H8F2NO/c1-2-6-4-3-5-11-7(6)12-8(9)10/h3-5,8H,1-2H2. The number of rotatable bonds is 3. The first-order chi connectivity index (χ1) is 5.74. The fourth-order valence-electron chi connectivity index (χ4n) is 0.805. The molecule has 0 aliphatic heterocycles. The lowest BCUT2D eigenvalue weighted by molar-refractivity contribution is -0.0534. The minimum atomic E-state index is -2.83. The quantitative estimate of drug-likeness (QED) is 0.696. The Labute approximate surface area is 69.2 Å². The fourth-order valence-corrected chi connectivity index (χ4v) is 0.805. The van der Waals surface area contributed by atoms with Crippen LogP contribution in [0.15, 0.2) is 18.3 Å². The van der Waals surface area contributed by atoms with Gasteiger partial charge in [0.1, 0.15) is 0 Å².